The zero-order chi connectivity index (χ0) is 32.7. The molecule has 3 rings (SSSR count). The van der Waals surface area contributed by atoms with Crippen LogP contribution in [0.3, 0.4) is 0 Å². The van der Waals surface area contributed by atoms with Crippen molar-refractivity contribution in [2.45, 2.75) is 102 Å². The van der Waals surface area contributed by atoms with Crippen molar-refractivity contribution in [3.63, 3.8) is 0 Å². The number of anilines is 2. The minimum Gasteiger partial charge on any atom is -0.453 e. The maximum atomic E-state index is 15.6. The lowest BCUT2D eigenvalue weighted by Crippen LogP contribution is -2.45. The Morgan fingerprint density at radius 2 is 1.67 bits per heavy atom. The third-order valence-electron chi connectivity index (χ3n) is 7.21. The highest BCUT2D eigenvalue weighted by molar-refractivity contribution is 5.90. The Hall–Kier alpha value is -3.91. The Bertz CT molecular complexity index is 1290. The Morgan fingerprint density at radius 3 is 2.38 bits per heavy atom. The average Bonchev–Trinajstić information content (AvgIpc) is 3.25. The number of nitrogens with zero attached hydrogens (tertiary/aromatic N) is 2. The van der Waals surface area contributed by atoms with Gasteiger partial charge in [0.15, 0.2) is 6.10 Å². The van der Waals surface area contributed by atoms with Gasteiger partial charge in [0.2, 0.25) is 12.1 Å². The lowest BCUT2D eigenvalue weighted by atomic mass is 10.1. The molecule has 0 bridgehead atoms. The molecule has 2 amide bonds. The average molecular weight is 637 g/mol. The number of carbonyl (C=O) groups is 3. The van der Waals surface area contributed by atoms with Crippen molar-refractivity contribution >= 4 is 29.5 Å². The van der Waals surface area contributed by atoms with Crippen molar-refractivity contribution in [3.8, 4) is 0 Å². The third kappa shape index (κ3) is 10.9. The van der Waals surface area contributed by atoms with Crippen molar-refractivity contribution in [1.82, 2.24) is 9.55 Å². The zero-order valence-electron chi connectivity index (χ0n) is 25.4. The van der Waals surface area contributed by atoms with Crippen LogP contribution in [0.2, 0.25) is 0 Å². The van der Waals surface area contributed by atoms with Crippen LogP contribution in [-0.2, 0) is 23.8 Å². The molecule has 1 aromatic carbocycles. The van der Waals surface area contributed by atoms with Gasteiger partial charge in [-0.15, -0.1) is 0 Å². The molecule has 0 radical (unpaired) electrons. The van der Waals surface area contributed by atoms with Gasteiger partial charge in [-0.2, -0.15) is 8.78 Å². The van der Waals surface area contributed by atoms with Gasteiger partial charge in [-0.25, -0.2) is 19.1 Å². The van der Waals surface area contributed by atoms with Crippen molar-refractivity contribution in [2.75, 3.05) is 23.8 Å². The Balaban J connectivity index is 1.50. The molecule has 0 unspecified atom stereocenters. The number of amides is 2. The summed E-state index contributed by atoms with van der Waals surface area (Å²) in [4.78, 5) is 52.9. The number of hydrogen-bond acceptors (Lipinski definition) is 9. The van der Waals surface area contributed by atoms with E-state index in [4.69, 9.17) is 14.2 Å². The van der Waals surface area contributed by atoms with Gasteiger partial charge in [0, 0.05) is 24.7 Å². The first-order valence-electron chi connectivity index (χ1n) is 15.4. The van der Waals surface area contributed by atoms with E-state index in [2.05, 4.69) is 22.5 Å². The molecule has 0 saturated carbocycles. The third-order valence-corrected chi connectivity index (χ3v) is 7.21. The van der Waals surface area contributed by atoms with E-state index in [9.17, 15) is 24.3 Å². The quantitative estimate of drug-likeness (QED) is 0.148. The van der Waals surface area contributed by atoms with Gasteiger partial charge in [0.25, 0.3) is 0 Å². The van der Waals surface area contributed by atoms with Gasteiger partial charge in [0.1, 0.15) is 11.9 Å². The molecule has 14 heteroatoms. The first kappa shape index (κ1) is 35.6. The van der Waals surface area contributed by atoms with Gasteiger partial charge in [0.05, 0.1) is 13.2 Å². The fourth-order valence-corrected chi connectivity index (χ4v) is 4.85. The number of para-hydroxylation sites is 1. The van der Waals surface area contributed by atoms with Crippen LogP contribution in [0.25, 0.3) is 0 Å². The Labute approximate surface area is 260 Å². The van der Waals surface area contributed by atoms with Gasteiger partial charge < -0.3 is 24.6 Å². The Morgan fingerprint density at radius 1 is 0.978 bits per heavy atom. The summed E-state index contributed by atoms with van der Waals surface area (Å²) in [6, 6.07) is 10.2. The molecule has 3 N–H and O–H groups in total. The molecule has 45 heavy (non-hydrogen) atoms. The number of hydrogen-bond donors (Lipinski definition) is 3. The Kier molecular flexibility index (Phi) is 14.3. The van der Waals surface area contributed by atoms with Crippen molar-refractivity contribution in [3.05, 3.63) is 53.1 Å². The van der Waals surface area contributed by atoms with Crippen LogP contribution < -0.4 is 16.3 Å². The highest BCUT2D eigenvalue weighted by atomic mass is 19.3. The minimum atomic E-state index is -3.97. The molecule has 1 saturated heterocycles. The maximum absolute atomic E-state index is 15.6. The lowest BCUT2D eigenvalue weighted by Gasteiger charge is -2.25. The number of halogens is 2. The summed E-state index contributed by atoms with van der Waals surface area (Å²) in [5, 5.41) is 14.8. The summed E-state index contributed by atoms with van der Waals surface area (Å²) in [5.74, 6) is -5.39. The number of alkyl halides is 2. The molecule has 12 nitrogen and oxygen atoms in total. The summed E-state index contributed by atoms with van der Waals surface area (Å²) in [6.45, 7) is 1.26. The van der Waals surface area contributed by atoms with E-state index in [0.29, 0.717) is 48.8 Å². The van der Waals surface area contributed by atoms with Crippen molar-refractivity contribution < 1.29 is 42.5 Å². The summed E-state index contributed by atoms with van der Waals surface area (Å²) < 4.78 is 47.2. The number of aliphatic hydroxyl groups excluding tert-OH is 1. The monoisotopic (exact) mass is 636 g/mol. The number of unbranched alkanes of at least 4 members (excludes halogenated alkanes) is 7. The molecular weight excluding hydrogens is 594 g/mol. The second kappa shape index (κ2) is 18.2. The first-order chi connectivity index (χ1) is 21.7. The predicted molar refractivity (Wildman–Crippen MR) is 161 cm³/mol. The molecular formula is C31H42F2N4O8. The van der Waals surface area contributed by atoms with Crippen LogP contribution in [0.15, 0.2) is 47.4 Å². The molecule has 1 aromatic heterocycles. The number of carbonyl (C=O) groups excluding carboxylic acids is 3. The number of aromatic nitrogens is 2. The van der Waals surface area contributed by atoms with Crippen LogP contribution in [0, 0.1) is 0 Å². The largest absolute Gasteiger partial charge is 0.453 e. The van der Waals surface area contributed by atoms with Gasteiger partial charge >= 0.3 is 23.7 Å². The number of benzene rings is 1. The van der Waals surface area contributed by atoms with Gasteiger partial charge in [-0.1, -0.05) is 63.6 Å². The van der Waals surface area contributed by atoms with Crippen LogP contribution >= 0.6 is 0 Å². The van der Waals surface area contributed by atoms with E-state index in [1.165, 1.54) is 0 Å². The van der Waals surface area contributed by atoms with E-state index in [1.807, 2.05) is 18.2 Å². The van der Waals surface area contributed by atoms with E-state index in [-0.39, 0.29) is 24.8 Å². The molecule has 3 atom stereocenters. The predicted octanol–water partition coefficient (Wildman–Crippen LogP) is 5.18. The normalized spacial score (nSPS) is 18.7. The van der Waals surface area contributed by atoms with Gasteiger partial charge in [-0.3, -0.25) is 14.9 Å². The maximum Gasteiger partial charge on any atom is 0.412 e. The molecule has 2 aromatic rings. The summed E-state index contributed by atoms with van der Waals surface area (Å²) in [5.41, 5.74) is -0.452. The first-order valence-corrected chi connectivity index (χ1v) is 15.4. The molecule has 1 aliphatic heterocycles. The highest BCUT2D eigenvalue weighted by Gasteiger charge is 2.62. The zero-order valence-corrected chi connectivity index (χ0v) is 25.4. The summed E-state index contributed by atoms with van der Waals surface area (Å²) >= 11 is 0. The number of ether oxygens (including phenoxy) is 3. The van der Waals surface area contributed by atoms with E-state index >= 15 is 8.78 Å². The highest BCUT2D eigenvalue weighted by Crippen LogP contribution is 2.45. The van der Waals surface area contributed by atoms with Crippen molar-refractivity contribution in [2.24, 2.45) is 0 Å². The SMILES string of the molecule is CCCCCCCOC(=O)Nc1ccnc(=O)n1[C@@H]1O[C@H](CO)[C@@H](OC(=O)CCCCCCC(=O)Nc2ccccc2)C1(F)F. The fourth-order valence-electron chi connectivity index (χ4n) is 4.85. The molecule has 248 valence electrons. The fraction of sp³-hybridized carbons (Fsp3) is 0.581. The standard InChI is InChI=1S/C31H42F2N4O8/c1-2-3-4-7-13-20-43-30(42)36-24-18-19-34-29(41)37(24)28-31(32,33)27(23(21-38)44-28)45-26(40)17-12-6-5-11-16-25(39)35-22-14-9-8-10-15-22/h8-10,14-15,18-19,23,27-28,38H,2-7,11-13,16-17,20-21H2,1H3,(H,35,39)(H,36,42)/t23-,27-,28-/m1/s1. The summed E-state index contributed by atoms with van der Waals surface area (Å²) in [6.07, 6.45) is 0.745. The van der Waals surface area contributed by atoms with Crippen LogP contribution in [-0.4, -0.2) is 64.0 Å². The van der Waals surface area contributed by atoms with Crippen LogP contribution in [0.1, 0.15) is 83.8 Å². The summed E-state index contributed by atoms with van der Waals surface area (Å²) in [7, 11) is 0. The minimum absolute atomic E-state index is 0.106. The smallest absolute Gasteiger partial charge is 0.412 e. The van der Waals surface area contributed by atoms with E-state index in [1.54, 1.807) is 12.1 Å². The number of esters is 1. The second-order valence-electron chi connectivity index (χ2n) is 10.8. The van der Waals surface area contributed by atoms with Crippen molar-refractivity contribution in [1.29, 1.82) is 0 Å². The molecule has 0 spiro atoms. The lowest BCUT2D eigenvalue weighted by molar-refractivity contribution is -0.176. The van der Waals surface area contributed by atoms with Crippen LogP contribution in [0.4, 0.5) is 25.1 Å². The number of nitrogens with one attached hydrogen (secondary N) is 2. The number of aliphatic hydroxyl groups is 1. The topological polar surface area (TPSA) is 158 Å². The number of rotatable bonds is 18. The molecule has 2 heterocycles. The van der Waals surface area contributed by atoms with Gasteiger partial charge in [-0.05, 0) is 37.5 Å². The van der Waals surface area contributed by atoms with E-state index < -0.39 is 48.7 Å². The second-order valence-corrected chi connectivity index (χ2v) is 10.8. The van der Waals surface area contributed by atoms with Crippen LogP contribution in [0.5, 0.6) is 0 Å². The molecule has 1 aliphatic rings. The molecule has 1 fully saturated rings. The van der Waals surface area contributed by atoms with E-state index in [0.717, 1.165) is 37.9 Å². The molecule has 0 aliphatic carbocycles.